The number of hydrogen-bond acceptors (Lipinski definition) is 2. The zero-order chi connectivity index (χ0) is 8.15. The third-order valence-corrected chi connectivity index (χ3v) is 1.70. The number of rotatable bonds is 3. The predicted octanol–water partition coefficient (Wildman–Crippen LogP) is 0.139. The fourth-order valence-corrected chi connectivity index (χ4v) is 0.630. The van der Waals surface area contributed by atoms with E-state index in [1.165, 1.54) is 7.05 Å². The van der Waals surface area contributed by atoms with Crippen molar-refractivity contribution in [3.8, 4) is 0 Å². The molecule has 0 aromatic carbocycles. The summed E-state index contributed by atoms with van der Waals surface area (Å²) in [6.45, 7) is 3.79. The van der Waals surface area contributed by atoms with Crippen LogP contribution in [0.15, 0.2) is 0 Å². The maximum atomic E-state index is 10.8. The van der Waals surface area contributed by atoms with Gasteiger partial charge in [0.1, 0.15) is 6.10 Å². The molecule has 2 N–H and O–H groups in total. The first-order chi connectivity index (χ1) is 4.63. The Balaban J connectivity index is 3.81. The Morgan fingerprint density at radius 3 is 2.50 bits per heavy atom. The molecule has 0 aliphatic rings. The number of hydrogen-bond donors (Lipinski definition) is 2. The van der Waals surface area contributed by atoms with Crippen LogP contribution in [0, 0.1) is 5.92 Å². The van der Waals surface area contributed by atoms with Crippen LogP contribution in [-0.4, -0.2) is 24.2 Å². The molecule has 60 valence electrons. The number of aliphatic hydroxyl groups excluding tert-OH is 1. The molecule has 2 unspecified atom stereocenters. The minimum absolute atomic E-state index is 0.0416. The molecule has 10 heavy (non-hydrogen) atoms. The minimum atomic E-state index is -0.852. The first-order valence-corrected chi connectivity index (χ1v) is 3.53. The molecule has 0 saturated heterocycles. The molecular formula is C7H15NO2. The standard InChI is InChI=1S/C7H15NO2/c1-4-5(2)6(9)7(10)8-3/h5-6,9H,4H2,1-3H3,(H,8,10). The van der Waals surface area contributed by atoms with Crippen LogP contribution in [0.25, 0.3) is 0 Å². The largest absolute Gasteiger partial charge is 0.383 e. The van der Waals surface area contributed by atoms with E-state index in [1.807, 2.05) is 13.8 Å². The highest BCUT2D eigenvalue weighted by Gasteiger charge is 2.18. The minimum Gasteiger partial charge on any atom is -0.383 e. The summed E-state index contributed by atoms with van der Waals surface area (Å²) in [7, 11) is 1.52. The van der Waals surface area contributed by atoms with Gasteiger partial charge < -0.3 is 10.4 Å². The van der Waals surface area contributed by atoms with Crippen molar-refractivity contribution in [2.45, 2.75) is 26.4 Å². The maximum absolute atomic E-state index is 10.8. The van der Waals surface area contributed by atoms with Crippen molar-refractivity contribution in [3.05, 3.63) is 0 Å². The van der Waals surface area contributed by atoms with E-state index in [2.05, 4.69) is 5.32 Å². The predicted molar refractivity (Wildman–Crippen MR) is 39.5 cm³/mol. The molecule has 0 aromatic rings. The van der Waals surface area contributed by atoms with Crippen molar-refractivity contribution in [2.75, 3.05) is 7.05 Å². The lowest BCUT2D eigenvalue weighted by Gasteiger charge is -2.14. The van der Waals surface area contributed by atoms with Gasteiger partial charge in [0.2, 0.25) is 5.91 Å². The lowest BCUT2D eigenvalue weighted by molar-refractivity contribution is -0.131. The molecule has 2 atom stereocenters. The third-order valence-electron chi connectivity index (χ3n) is 1.70. The Hall–Kier alpha value is -0.570. The van der Waals surface area contributed by atoms with E-state index in [-0.39, 0.29) is 11.8 Å². The van der Waals surface area contributed by atoms with Crippen LogP contribution in [0.1, 0.15) is 20.3 Å². The van der Waals surface area contributed by atoms with Gasteiger partial charge in [-0.25, -0.2) is 0 Å². The molecule has 0 saturated carbocycles. The van der Waals surface area contributed by atoms with Gasteiger partial charge in [0, 0.05) is 7.05 Å². The first-order valence-electron chi connectivity index (χ1n) is 3.53. The van der Waals surface area contributed by atoms with E-state index in [9.17, 15) is 9.90 Å². The normalized spacial score (nSPS) is 16.0. The average Bonchev–Trinajstić information content (AvgIpc) is 2.00. The second kappa shape index (κ2) is 4.28. The SMILES string of the molecule is CCC(C)C(O)C(=O)NC. The number of carbonyl (C=O) groups excluding carboxylic acids is 1. The van der Waals surface area contributed by atoms with Gasteiger partial charge in [0.05, 0.1) is 0 Å². The third kappa shape index (κ3) is 2.35. The van der Waals surface area contributed by atoms with Crippen molar-refractivity contribution in [1.29, 1.82) is 0 Å². The van der Waals surface area contributed by atoms with Gasteiger partial charge in [0.15, 0.2) is 0 Å². The fraction of sp³-hybridized carbons (Fsp3) is 0.857. The zero-order valence-corrected chi connectivity index (χ0v) is 6.72. The second-order valence-corrected chi connectivity index (χ2v) is 2.44. The van der Waals surface area contributed by atoms with E-state index in [4.69, 9.17) is 0 Å². The van der Waals surface area contributed by atoms with Crippen LogP contribution < -0.4 is 5.32 Å². The molecule has 0 bridgehead atoms. The molecule has 0 aliphatic carbocycles. The molecule has 0 rings (SSSR count). The summed E-state index contributed by atoms with van der Waals surface area (Å²) in [5.74, 6) is -0.255. The number of likely N-dealkylation sites (N-methyl/N-ethyl adjacent to an activating group) is 1. The molecule has 0 radical (unpaired) electrons. The number of nitrogens with one attached hydrogen (secondary N) is 1. The summed E-state index contributed by atoms with van der Waals surface area (Å²) >= 11 is 0. The summed E-state index contributed by atoms with van der Waals surface area (Å²) in [5.41, 5.74) is 0. The molecule has 0 fully saturated rings. The van der Waals surface area contributed by atoms with Gasteiger partial charge in [-0.1, -0.05) is 20.3 Å². The van der Waals surface area contributed by atoms with Crippen molar-refractivity contribution < 1.29 is 9.90 Å². The van der Waals surface area contributed by atoms with Gasteiger partial charge in [-0.3, -0.25) is 4.79 Å². The van der Waals surface area contributed by atoms with Gasteiger partial charge in [0.25, 0.3) is 0 Å². The fourth-order valence-electron chi connectivity index (χ4n) is 0.630. The van der Waals surface area contributed by atoms with E-state index in [1.54, 1.807) is 0 Å². The smallest absolute Gasteiger partial charge is 0.248 e. The van der Waals surface area contributed by atoms with Crippen LogP contribution in [0.3, 0.4) is 0 Å². The van der Waals surface area contributed by atoms with E-state index < -0.39 is 6.10 Å². The van der Waals surface area contributed by atoms with Gasteiger partial charge in [-0.15, -0.1) is 0 Å². The first kappa shape index (κ1) is 9.43. The summed E-state index contributed by atoms with van der Waals surface area (Å²) in [6, 6.07) is 0. The summed E-state index contributed by atoms with van der Waals surface area (Å²) < 4.78 is 0. The highest BCUT2D eigenvalue weighted by molar-refractivity contribution is 5.80. The Morgan fingerprint density at radius 2 is 2.20 bits per heavy atom. The maximum Gasteiger partial charge on any atom is 0.248 e. The molecule has 0 heterocycles. The van der Waals surface area contributed by atoms with Crippen LogP contribution in [0.4, 0.5) is 0 Å². The summed E-state index contributed by atoms with van der Waals surface area (Å²) in [4.78, 5) is 10.8. The second-order valence-electron chi connectivity index (χ2n) is 2.44. The van der Waals surface area contributed by atoms with Crippen LogP contribution in [0.2, 0.25) is 0 Å². The Kier molecular flexibility index (Phi) is 4.03. The number of aliphatic hydroxyl groups is 1. The molecule has 1 amide bonds. The highest BCUT2D eigenvalue weighted by atomic mass is 16.3. The quantitative estimate of drug-likeness (QED) is 0.593. The zero-order valence-electron chi connectivity index (χ0n) is 6.72. The van der Waals surface area contributed by atoms with Crippen LogP contribution in [-0.2, 0) is 4.79 Å². The van der Waals surface area contributed by atoms with Gasteiger partial charge in [-0.2, -0.15) is 0 Å². The van der Waals surface area contributed by atoms with Crippen molar-refractivity contribution in [1.82, 2.24) is 5.32 Å². The van der Waals surface area contributed by atoms with Crippen molar-refractivity contribution in [2.24, 2.45) is 5.92 Å². The molecular weight excluding hydrogens is 130 g/mol. The molecule has 0 aliphatic heterocycles. The van der Waals surface area contributed by atoms with Gasteiger partial charge >= 0.3 is 0 Å². The average molecular weight is 145 g/mol. The topological polar surface area (TPSA) is 49.3 Å². The lowest BCUT2D eigenvalue weighted by atomic mass is 10.0. The monoisotopic (exact) mass is 145 g/mol. The highest BCUT2D eigenvalue weighted by Crippen LogP contribution is 2.06. The van der Waals surface area contributed by atoms with Crippen LogP contribution in [0.5, 0.6) is 0 Å². The molecule has 0 aromatic heterocycles. The van der Waals surface area contributed by atoms with E-state index in [0.717, 1.165) is 6.42 Å². The van der Waals surface area contributed by atoms with Crippen molar-refractivity contribution >= 4 is 5.91 Å². The summed E-state index contributed by atoms with van der Waals surface area (Å²) in [5, 5.41) is 11.6. The number of amides is 1. The van der Waals surface area contributed by atoms with Crippen LogP contribution >= 0.6 is 0 Å². The molecule has 3 heteroatoms. The van der Waals surface area contributed by atoms with E-state index in [0.29, 0.717) is 0 Å². The molecule has 0 spiro atoms. The van der Waals surface area contributed by atoms with E-state index >= 15 is 0 Å². The molecule has 3 nitrogen and oxygen atoms in total. The van der Waals surface area contributed by atoms with Crippen molar-refractivity contribution in [3.63, 3.8) is 0 Å². The Bertz CT molecular complexity index is 114. The summed E-state index contributed by atoms with van der Waals surface area (Å²) in [6.07, 6.45) is -0.0378. The Morgan fingerprint density at radius 1 is 1.70 bits per heavy atom. The van der Waals surface area contributed by atoms with Gasteiger partial charge in [-0.05, 0) is 5.92 Å². The lowest BCUT2D eigenvalue weighted by Crippen LogP contribution is -2.36. The number of carbonyl (C=O) groups is 1. The Labute approximate surface area is 61.4 Å².